The third kappa shape index (κ3) is 1.57. The lowest BCUT2D eigenvalue weighted by Gasteiger charge is -2.46. The minimum absolute atomic E-state index is 0.0662. The Kier molecular flexibility index (Phi) is 2.42. The second kappa shape index (κ2) is 3.72. The number of amides is 2. The molecule has 0 radical (unpaired) electrons. The molecule has 1 heterocycles. The summed E-state index contributed by atoms with van der Waals surface area (Å²) in [4.78, 5) is 24.7. The quantitative estimate of drug-likeness (QED) is 0.665. The van der Waals surface area contributed by atoms with E-state index in [1.54, 1.807) is 0 Å². The van der Waals surface area contributed by atoms with Crippen LogP contribution in [0.3, 0.4) is 0 Å². The van der Waals surface area contributed by atoms with Gasteiger partial charge in [-0.3, -0.25) is 9.59 Å². The van der Waals surface area contributed by atoms with Gasteiger partial charge in [0.25, 0.3) is 0 Å². The van der Waals surface area contributed by atoms with Gasteiger partial charge in [0.15, 0.2) is 0 Å². The van der Waals surface area contributed by atoms with E-state index in [-0.39, 0.29) is 11.8 Å². The molecule has 0 unspecified atom stereocenters. The molecule has 2 N–H and O–H groups in total. The van der Waals surface area contributed by atoms with Gasteiger partial charge in [-0.1, -0.05) is 32.1 Å². The van der Waals surface area contributed by atoms with E-state index >= 15 is 0 Å². The van der Waals surface area contributed by atoms with E-state index in [4.69, 9.17) is 0 Å². The van der Waals surface area contributed by atoms with Gasteiger partial charge in [0.05, 0.1) is 0 Å². The van der Waals surface area contributed by atoms with E-state index in [2.05, 4.69) is 10.6 Å². The van der Waals surface area contributed by atoms with Crippen LogP contribution < -0.4 is 10.6 Å². The molecule has 3 rings (SSSR count). The highest BCUT2D eigenvalue weighted by Crippen LogP contribution is 2.37. The summed E-state index contributed by atoms with van der Waals surface area (Å²) in [6.45, 7) is 0. The van der Waals surface area contributed by atoms with Crippen LogP contribution in [-0.2, 0) is 9.59 Å². The first-order chi connectivity index (χ1) is 8.17. The molecule has 1 saturated heterocycles. The van der Waals surface area contributed by atoms with E-state index in [0.717, 1.165) is 51.4 Å². The lowest BCUT2D eigenvalue weighted by Crippen LogP contribution is -2.74. The maximum atomic E-state index is 12.4. The van der Waals surface area contributed by atoms with Gasteiger partial charge in [0.2, 0.25) is 11.8 Å². The monoisotopic (exact) mass is 236 g/mol. The second-order valence-electron chi connectivity index (χ2n) is 5.84. The zero-order chi connectivity index (χ0) is 11.9. The summed E-state index contributed by atoms with van der Waals surface area (Å²) in [7, 11) is 0. The van der Waals surface area contributed by atoms with Crippen molar-refractivity contribution in [3.63, 3.8) is 0 Å². The van der Waals surface area contributed by atoms with Crippen molar-refractivity contribution in [1.82, 2.24) is 10.6 Å². The van der Waals surface area contributed by atoms with Crippen molar-refractivity contribution in [2.75, 3.05) is 0 Å². The van der Waals surface area contributed by atoms with Crippen LogP contribution in [0.2, 0.25) is 0 Å². The van der Waals surface area contributed by atoms with Gasteiger partial charge >= 0.3 is 0 Å². The predicted octanol–water partition coefficient (Wildman–Crippen LogP) is 1.25. The summed E-state index contributed by atoms with van der Waals surface area (Å²) in [5.74, 6) is 0.134. The van der Waals surface area contributed by atoms with Crippen molar-refractivity contribution in [1.29, 1.82) is 0 Å². The Balaban J connectivity index is 1.84. The van der Waals surface area contributed by atoms with Crippen LogP contribution in [0.15, 0.2) is 0 Å². The number of carbonyl (C=O) groups is 2. The fourth-order valence-corrected chi connectivity index (χ4v) is 3.63. The van der Waals surface area contributed by atoms with Crippen LogP contribution in [0.1, 0.15) is 57.8 Å². The van der Waals surface area contributed by atoms with Gasteiger partial charge in [-0.05, 0) is 25.7 Å². The normalized spacial score (nSPS) is 30.4. The molecule has 0 bridgehead atoms. The molecule has 3 fully saturated rings. The smallest absolute Gasteiger partial charge is 0.246 e. The first-order valence-corrected chi connectivity index (χ1v) is 6.82. The largest absolute Gasteiger partial charge is 0.340 e. The molecule has 0 aromatic heterocycles. The Hall–Kier alpha value is -1.06. The van der Waals surface area contributed by atoms with Crippen LogP contribution >= 0.6 is 0 Å². The fourth-order valence-electron chi connectivity index (χ4n) is 3.63. The summed E-state index contributed by atoms with van der Waals surface area (Å²) < 4.78 is 0. The fraction of sp³-hybridized carbons (Fsp3) is 0.846. The van der Waals surface area contributed by atoms with Gasteiger partial charge in [-0.25, -0.2) is 0 Å². The molecule has 17 heavy (non-hydrogen) atoms. The summed E-state index contributed by atoms with van der Waals surface area (Å²) >= 11 is 0. The minimum atomic E-state index is -0.580. The standard InChI is InChI=1S/C13H20N2O2/c16-10-12(6-2-1-3-7-12)14-11(17)13(15-10)8-4-5-9-13/h1-9H2,(H,14,17)(H,15,16). The summed E-state index contributed by atoms with van der Waals surface area (Å²) in [6.07, 6.45) is 8.57. The van der Waals surface area contributed by atoms with Crippen molar-refractivity contribution in [3.05, 3.63) is 0 Å². The molecule has 94 valence electrons. The second-order valence-corrected chi connectivity index (χ2v) is 5.84. The zero-order valence-corrected chi connectivity index (χ0v) is 10.2. The van der Waals surface area contributed by atoms with E-state index in [0.29, 0.717) is 0 Å². The molecular weight excluding hydrogens is 216 g/mol. The molecule has 2 aliphatic carbocycles. The summed E-state index contributed by atoms with van der Waals surface area (Å²) in [6, 6.07) is 0. The van der Waals surface area contributed by atoms with Gasteiger partial charge in [-0.2, -0.15) is 0 Å². The molecule has 2 saturated carbocycles. The molecule has 0 aromatic carbocycles. The first-order valence-electron chi connectivity index (χ1n) is 6.82. The Morgan fingerprint density at radius 3 is 1.41 bits per heavy atom. The number of hydrogen-bond donors (Lipinski definition) is 2. The van der Waals surface area contributed by atoms with Crippen molar-refractivity contribution in [3.8, 4) is 0 Å². The van der Waals surface area contributed by atoms with Crippen LogP contribution in [0.5, 0.6) is 0 Å². The lowest BCUT2D eigenvalue weighted by molar-refractivity contribution is -0.147. The number of piperazine rings is 1. The molecule has 4 heteroatoms. The maximum absolute atomic E-state index is 12.4. The Morgan fingerprint density at radius 2 is 1.00 bits per heavy atom. The Morgan fingerprint density at radius 1 is 0.647 bits per heavy atom. The Bertz CT molecular complexity index is 352. The van der Waals surface area contributed by atoms with Crippen LogP contribution in [0.25, 0.3) is 0 Å². The van der Waals surface area contributed by atoms with E-state index in [1.807, 2.05) is 0 Å². The number of hydrogen-bond acceptors (Lipinski definition) is 2. The summed E-state index contributed by atoms with van der Waals surface area (Å²) in [5, 5.41) is 6.11. The van der Waals surface area contributed by atoms with Crippen molar-refractivity contribution in [2.24, 2.45) is 0 Å². The van der Waals surface area contributed by atoms with Gasteiger partial charge < -0.3 is 10.6 Å². The van der Waals surface area contributed by atoms with Crippen molar-refractivity contribution >= 4 is 11.8 Å². The van der Waals surface area contributed by atoms with Crippen LogP contribution in [0, 0.1) is 0 Å². The van der Waals surface area contributed by atoms with Crippen molar-refractivity contribution < 1.29 is 9.59 Å². The van der Waals surface area contributed by atoms with E-state index < -0.39 is 11.1 Å². The third-order valence-corrected chi connectivity index (χ3v) is 4.74. The predicted molar refractivity (Wildman–Crippen MR) is 63.3 cm³/mol. The number of rotatable bonds is 0. The highest BCUT2D eigenvalue weighted by molar-refractivity contribution is 6.02. The molecule has 4 nitrogen and oxygen atoms in total. The number of carbonyl (C=O) groups excluding carboxylic acids is 2. The summed E-state index contributed by atoms with van der Waals surface area (Å²) in [5.41, 5.74) is -1.15. The third-order valence-electron chi connectivity index (χ3n) is 4.74. The molecule has 0 aromatic rings. The molecule has 2 spiro atoms. The van der Waals surface area contributed by atoms with Crippen LogP contribution in [-0.4, -0.2) is 22.9 Å². The molecule has 0 atom stereocenters. The topological polar surface area (TPSA) is 58.2 Å². The lowest BCUT2D eigenvalue weighted by atomic mass is 9.77. The average molecular weight is 236 g/mol. The average Bonchev–Trinajstić information content (AvgIpc) is 2.78. The maximum Gasteiger partial charge on any atom is 0.246 e. The minimum Gasteiger partial charge on any atom is -0.340 e. The molecule has 2 amide bonds. The van der Waals surface area contributed by atoms with Crippen molar-refractivity contribution in [2.45, 2.75) is 68.9 Å². The van der Waals surface area contributed by atoms with Gasteiger partial charge in [-0.15, -0.1) is 0 Å². The van der Waals surface area contributed by atoms with E-state index in [9.17, 15) is 9.59 Å². The molecule has 1 aliphatic heterocycles. The Labute approximate surface area is 102 Å². The number of nitrogens with one attached hydrogen (secondary N) is 2. The highest BCUT2D eigenvalue weighted by Gasteiger charge is 2.54. The first kappa shape index (κ1) is 11.1. The SMILES string of the molecule is O=C1NC2(CCCC2)C(=O)NC12CCCCC2. The zero-order valence-electron chi connectivity index (χ0n) is 10.2. The van der Waals surface area contributed by atoms with Gasteiger partial charge in [0.1, 0.15) is 11.1 Å². The molecular formula is C13H20N2O2. The van der Waals surface area contributed by atoms with E-state index in [1.165, 1.54) is 6.42 Å². The molecule has 3 aliphatic rings. The highest BCUT2D eigenvalue weighted by atomic mass is 16.2. The van der Waals surface area contributed by atoms with Crippen LogP contribution in [0.4, 0.5) is 0 Å². The van der Waals surface area contributed by atoms with Gasteiger partial charge in [0, 0.05) is 0 Å².